The van der Waals surface area contributed by atoms with E-state index in [4.69, 9.17) is 4.74 Å². The second kappa shape index (κ2) is 11.3. The van der Waals surface area contributed by atoms with E-state index in [1.54, 1.807) is 0 Å². The maximum absolute atomic E-state index is 14.0. The molecule has 0 saturated heterocycles. The smallest absolute Gasteiger partial charge is 0.343 e. The fourth-order valence-corrected chi connectivity index (χ4v) is 7.75. The Labute approximate surface area is 226 Å². The molecule has 0 saturated carbocycles. The van der Waals surface area contributed by atoms with Crippen LogP contribution in [0.15, 0.2) is 120 Å². The van der Waals surface area contributed by atoms with E-state index in [0.717, 1.165) is 15.9 Å². The van der Waals surface area contributed by atoms with Gasteiger partial charge in [-0.05, 0) is 24.3 Å². The van der Waals surface area contributed by atoms with Crippen LogP contribution < -0.4 is 20.7 Å². The van der Waals surface area contributed by atoms with E-state index in [2.05, 4.69) is 4.74 Å². The topological polar surface area (TPSA) is 38.7 Å². The van der Waals surface area contributed by atoms with Gasteiger partial charge in [0.15, 0.2) is 0 Å². The molecule has 5 aromatic carbocycles. The first kappa shape index (κ1) is 27.0. The van der Waals surface area contributed by atoms with Crippen LogP contribution in [0.4, 0.5) is 27.6 Å². The highest BCUT2D eigenvalue weighted by Gasteiger charge is 2.30. The molecule has 200 valence electrons. The summed E-state index contributed by atoms with van der Waals surface area (Å²) in [6, 6.07) is 35.1. The summed E-state index contributed by atoms with van der Waals surface area (Å²) >= 11 is 0. The minimum absolute atomic E-state index is 0.175. The quantitative estimate of drug-likeness (QED) is 0.0539. The second-order valence-electron chi connectivity index (χ2n) is 8.58. The minimum Gasteiger partial charge on any atom is -0.416 e. The predicted octanol–water partition coefficient (Wildman–Crippen LogP) is 7.41. The van der Waals surface area contributed by atoms with E-state index < -0.39 is 47.9 Å². The fourth-order valence-electron chi connectivity index (χ4n) is 4.21. The Bertz CT molecular complexity index is 1600. The summed E-state index contributed by atoms with van der Waals surface area (Å²) in [4.78, 5) is 12.6. The number of ether oxygens (including phenoxy) is 1. The number of benzene rings is 5. The van der Waals surface area contributed by atoms with Crippen LogP contribution in [0.1, 0.15) is 10.4 Å². The lowest BCUT2D eigenvalue weighted by Crippen LogP contribution is -2.25. The third kappa shape index (κ3) is 4.94. The lowest BCUT2D eigenvalue weighted by atomic mass is 10.2. The molecule has 0 fully saturated rings. The van der Waals surface area contributed by atoms with Gasteiger partial charge in [-0.15, -0.1) is 0 Å². The van der Waals surface area contributed by atoms with Crippen LogP contribution in [-0.2, 0) is 0 Å². The molecule has 0 aliphatic carbocycles. The van der Waals surface area contributed by atoms with Gasteiger partial charge in [0.1, 0.15) is 0 Å². The van der Waals surface area contributed by atoms with Crippen molar-refractivity contribution < 1.29 is 31.5 Å². The van der Waals surface area contributed by atoms with Gasteiger partial charge >= 0.3 is 5.97 Å². The lowest BCUT2D eigenvalue weighted by molar-refractivity contribution is 0.0716. The summed E-state index contributed by atoms with van der Waals surface area (Å²) < 4.78 is 78.2. The summed E-state index contributed by atoms with van der Waals surface area (Å²) in [5.41, 5.74) is 0.323. The molecule has 0 amide bonds. The molecule has 9 heteroatoms. The van der Waals surface area contributed by atoms with E-state index in [-0.39, 0.29) is 5.56 Å². The Hall–Kier alpha value is -4.55. The number of carbonyl (C=O) groups is 1. The molecule has 3 nitrogen and oxygen atoms in total. The summed E-state index contributed by atoms with van der Waals surface area (Å²) in [5.74, 6) is -14.2. The first-order valence-corrected chi connectivity index (χ1v) is 13.7. The van der Waals surface area contributed by atoms with Crippen LogP contribution in [0.3, 0.4) is 0 Å². The summed E-state index contributed by atoms with van der Waals surface area (Å²) in [7, 11) is -2.61. The van der Waals surface area contributed by atoms with E-state index in [1.807, 2.05) is 91.0 Å². The SMILES string of the molecule is O=C(Oc1c(F)c(F)c(F)c(F)c1F)c1ccc(N=P(c2ccccc2)(c2ccccc2)c2ccccc2)cc1. The average Bonchev–Trinajstić information content (AvgIpc) is 3.01. The Morgan fingerprint density at radius 3 is 1.30 bits per heavy atom. The van der Waals surface area contributed by atoms with Crippen LogP contribution in [0.5, 0.6) is 5.75 Å². The maximum atomic E-state index is 14.0. The molecular weight excluding hydrogens is 544 g/mol. The molecule has 0 aliphatic rings. The minimum atomic E-state index is -2.61. The lowest BCUT2D eigenvalue weighted by Gasteiger charge is -2.27. The molecule has 5 rings (SSSR count). The molecule has 0 aliphatic heterocycles. The van der Waals surface area contributed by atoms with Crippen molar-refractivity contribution in [3.63, 3.8) is 0 Å². The van der Waals surface area contributed by atoms with Crippen molar-refractivity contribution in [2.75, 3.05) is 0 Å². The van der Waals surface area contributed by atoms with Crippen LogP contribution in [0.25, 0.3) is 0 Å². The predicted molar refractivity (Wildman–Crippen MR) is 145 cm³/mol. The molecule has 0 spiro atoms. The van der Waals surface area contributed by atoms with Crippen LogP contribution in [0, 0.1) is 29.1 Å². The van der Waals surface area contributed by atoms with Crippen molar-refractivity contribution >= 4 is 34.6 Å². The molecule has 0 heterocycles. The third-order valence-corrected chi connectivity index (χ3v) is 9.79. The highest BCUT2D eigenvalue weighted by Crippen LogP contribution is 2.49. The number of rotatable bonds is 6. The van der Waals surface area contributed by atoms with Gasteiger partial charge in [-0.2, -0.15) is 8.78 Å². The van der Waals surface area contributed by atoms with E-state index in [9.17, 15) is 26.7 Å². The molecular formula is C31H19F5NO2P. The average molecular weight is 563 g/mol. The molecule has 0 radical (unpaired) electrons. The molecule has 5 aromatic rings. The van der Waals surface area contributed by atoms with Gasteiger partial charge in [0.25, 0.3) is 0 Å². The Kier molecular flexibility index (Phi) is 7.63. The largest absolute Gasteiger partial charge is 0.416 e. The zero-order chi connectivity index (χ0) is 28.3. The fraction of sp³-hybridized carbons (Fsp3) is 0. The highest BCUT2D eigenvalue weighted by molar-refractivity contribution is 7.87. The van der Waals surface area contributed by atoms with E-state index in [1.165, 1.54) is 24.3 Å². The second-order valence-corrected chi connectivity index (χ2v) is 11.6. The van der Waals surface area contributed by atoms with Gasteiger partial charge in [0, 0.05) is 15.9 Å². The summed E-state index contributed by atoms with van der Waals surface area (Å²) in [6.45, 7) is 0. The number of esters is 1. The van der Waals surface area contributed by atoms with Crippen LogP contribution in [-0.4, -0.2) is 5.97 Å². The Morgan fingerprint density at radius 1 is 0.525 bits per heavy atom. The van der Waals surface area contributed by atoms with Crippen LogP contribution in [0.2, 0.25) is 0 Å². The number of hydrogen-bond donors (Lipinski definition) is 0. The standard InChI is InChI=1S/C31H19F5NO2P/c32-25-26(33)28(35)30(29(36)27(25)34)39-31(38)20-16-18-21(19-17-20)37-40(22-10-4-1-5-11-22,23-12-6-2-7-13-23)24-14-8-3-9-15-24/h1-19H. The highest BCUT2D eigenvalue weighted by atomic mass is 31.2. The summed E-state index contributed by atoms with van der Waals surface area (Å²) in [5, 5.41) is 2.96. The number of carbonyl (C=O) groups excluding carboxylic acids is 1. The molecule has 0 unspecified atom stereocenters. The monoisotopic (exact) mass is 563 g/mol. The number of halogens is 5. The van der Waals surface area contributed by atoms with Gasteiger partial charge in [-0.1, -0.05) is 91.0 Å². The van der Waals surface area contributed by atoms with E-state index >= 15 is 0 Å². The van der Waals surface area contributed by atoms with E-state index in [0.29, 0.717) is 5.69 Å². The van der Waals surface area contributed by atoms with Gasteiger partial charge in [0.05, 0.1) is 18.3 Å². The van der Waals surface area contributed by atoms with Gasteiger partial charge < -0.3 is 4.74 Å². The van der Waals surface area contributed by atoms with Gasteiger partial charge in [-0.25, -0.2) is 18.0 Å². The van der Waals surface area contributed by atoms with Crippen molar-refractivity contribution in [2.24, 2.45) is 4.74 Å². The van der Waals surface area contributed by atoms with Crippen LogP contribution >= 0.6 is 7.05 Å². The Balaban J connectivity index is 1.60. The third-order valence-electron chi connectivity index (χ3n) is 6.12. The zero-order valence-electron chi connectivity index (χ0n) is 20.6. The van der Waals surface area contributed by atoms with Crippen molar-refractivity contribution in [1.82, 2.24) is 0 Å². The molecule has 0 atom stereocenters. The first-order chi connectivity index (χ1) is 19.3. The molecule has 0 N–H and O–H groups in total. The Morgan fingerprint density at radius 2 is 0.900 bits per heavy atom. The van der Waals surface area contributed by atoms with Gasteiger partial charge in [0.2, 0.25) is 34.8 Å². The van der Waals surface area contributed by atoms with Crippen molar-refractivity contribution in [3.05, 3.63) is 150 Å². The maximum Gasteiger partial charge on any atom is 0.343 e. The van der Waals surface area contributed by atoms with Crippen molar-refractivity contribution in [1.29, 1.82) is 0 Å². The van der Waals surface area contributed by atoms with Crippen molar-refractivity contribution in [2.45, 2.75) is 0 Å². The van der Waals surface area contributed by atoms with Crippen molar-refractivity contribution in [3.8, 4) is 5.75 Å². The summed E-state index contributed by atoms with van der Waals surface area (Å²) in [6.07, 6.45) is 0. The van der Waals surface area contributed by atoms with Gasteiger partial charge in [-0.3, -0.25) is 4.74 Å². The zero-order valence-corrected chi connectivity index (χ0v) is 21.5. The molecule has 0 bridgehead atoms. The first-order valence-electron chi connectivity index (χ1n) is 12.0. The normalized spacial score (nSPS) is 11.2. The number of hydrogen-bond acceptors (Lipinski definition) is 3. The molecule has 0 aromatic heterocycles. The number of nitrogens with zero attached hydrogens (tertiary/aromatic N) is 1. The molecule has 40 heavy (non-hydrogen) atoms.